The van der Waals surface area contributed by atoms with Crippen molar-refractivity contribution in [1.82, 2.24) is 4.90 Å². The zero-order valence-corrected chi connectivity index (χ0v) is 16.8. The number of likely N-dealkylation sites (tertiary alicyclic amines) is 1. The van der Waals surface area contributed by atoms with Gasteiger partial charge in [-0.25, -0.2) is 0 Å². The summed E-state index contributed by atoms with van der Waals surface area (Å²) in [5, 5.41) is 0. The minimum Gasteiger partial charge on any atom is -0.497 e. The summed E-state index contributed by atoms with van der Waals surface area (Å²) >= 11 is 0. The van der Waals surface area contributed by atoms with Crippen molar-refractivity contribution in [2.75, 3.05) is 38.2 Å². The van der Waals surface area contributed by atoms with E-state index in [0.717, 1.165) is 61.6 Å². The maximum absolute atomic E-state index is 13.3. The number of methoxy groups -OCH3 is 1. The van der Waals surface area contributed by atoms with Crippen LogP contribution in [-0.2, 0) is 5.41 Å². The maximum atomic E-state index is 13.3. The van der Waals surface area contributed by atoms with Gasteiger partial charge in [0.05, 0.1) is 7.11 Å². The molecule has 2 aromatic rings. The number of fused-ring (bicyclic) bond motifs is 2. The Hall–Kier alpha value is -2.59. The quantitative estimate of drug-likeness (QED) is 0.751. The average molecular weight is 377 g/mol. The predicted octanol–water partition coefficient (Wildman–Crippen LogP) is 4.18. The van der Waals surface area contributed by atoms with Crippen molar-refractivity contribution in [2.45, 2.75) is 25.2 Å². The van der Waals surface area contributed by atoms with E-state index in [1.165, 1.54) is 5.56 Å². The van der Waals surface area contributed by atoms with E-state index in [1.807, 2.05) is 54.3 Å². The van der Waals surface area contributed by atoms with Crippen molar-refractivity contribution in [3.8, 4) is 5.75 Å². The van der Waals surface area contributed by atoms with Crippen LogP contribution in [0.5, 0.6) is 5.75 Å². The smallest absolute Gasteiger partial charge is 0.258 e. The van der Waals surface area contributed by atoms with Crippen molar-refractivity contribution in [3.63, 3.8) is 0 Å². The Morgan fingerprint density at radius 2 is 1.89 bits per heavy atom. The lowest BCUT2D eigenvalue weighted by molar-refractivity contribution is 0.0978. The summed E-state index contributed by atoms with van der Waals surface area (Å²) in [5.74, 6) is 0.938. The van der Waals surface area contributed by atoms with E-state index >= 15 is 0 Å². The monoisotopic (exact) mass is 376 g/mol. The molecule has 2 heterocycles. The molecule has 4 rings (SSSR count). The molecule has 2 aromatic carbocycles. The van der Waals surface area contributed by atoms with Gasteiger partial charge in [-0.1, -0.05) is 23.8 Å². The summed E-state index contributed by atoms with van der Waals surface area (Å²) in [7, 11) is 1.70. The Morgan fingerprint density at radius 3 is 2.54 bits per heavy atom. The van der Waals surface area contributed by atoms with Crippen molar-refractivity contribution in [3.05, 3.63) is 71.8 Å². The molecule has 4 nitrogen and oxygen atoms in total. The molecule has 1 spiro atoms. The highest BCUT2D eigenvalue weighted by molar-refractivity contribution is 6.07. The molecule has 2 aliphatic heterocycles. The van der Waals surface area contributed by atoms with Crippen LogP contribution in [0.15, 0.2) is 55.1 Å². The van der Waals surface area contributed by atoms with Gasteiger partial charge < -0.3 is 9.64 Å². The van der Waals surface area contributed by atoms with Gasteiger partial charge in [0.25, 0.3) is 5.91 Å². The molecule has 0 atom stereocenters. The Balaban J connectivity index is 1.69. The highest BCUT2D eigenvalue weighted by atomic mass is 16.5. The zero-order valence-electron chi connectivity index (χ0n) is 16.8. The molecule has 1 fully saturated rings. The van der Waals surface area contributed by atoms with Gasteiger partial charge in [0.15, 0.2) is 0 Å². The molecule has 2 aliphatic rings. The number of carbonyl (C=O) groups excluding carboxylic acids is 1. The third kappa shape index (κ3) is 3.22. The van der Waals surface area contributed by atoms with E-state index in [9.17, 15) is 4.79 Å². The Labute approximate surface area is 167 Å². The van der Waals surface area contributed by atoms with Crippen LogP contribution in [0.25, 0.3) is 0 Å². The van der Waals surface area contributed by atoms with E-state index in [2.05, 4.69) is 17.5 Å². The number of hydrogen-bond acceptors (Lipinski definition) is 3. The fourth-order valence-electron chi connectivity index (χ4n) is 4.58. The topological polar surface area (TPSA) is 32.8 Å². The van der Waals surface area contributed by atoms with Gasteiger partial charge in [-0.2, -0.15) is 0 Å². The molecule has 4 heteroatoms. The molecule has 0 radical (unpaired) electrons. The largest absolute Gasteiger partial charge is 0.497 e. The summed E-state index contributed by atoms with van der Waals surface area (Å²) in [6, 6.07) is 14.0. The minimum absolute atomic E-state index is 0.00189. The van der Waals surface area contributed by atoms with Crippen molar-refractivity contribution in [2.24, 2.45) is 0 Å². The lowest BCUT2D eigenvalue weighted by Crippen LogP contribution is -2.46. The van der Waals surface area contributed by atoms with Gasteiger partial charge >= 0.3 is 0 Å². The van der Waals surface area contributed by atoms with Crippen molar-refractivity contribution >= 4 is 11.6 Å². The first-order chi connectivity index (χ1) is 13.6. The zero-order chi connectivity index (χ0) is 19.7. The number of nitrogens with zero attached hydrogens (tertiary/aromatic N) is 2. The number of amides is 1. The first kappa shape index (κ1) is 18.8. The second kappa shape index (κ2) is 7.44. The SMILES string of the molecule is C=CCN1CCC2(CC1)CN(C(=O)c1ccc(C)cc1)c1ccc(OC)cc12. The number of benzene rings is 2. The molecule has 0 bridgehead atoms. The number of piperidine rings is 1. The molecule has 0 aromatic heterocycles. The molecule has 28 heavy (non-hydrogen) atoms. The fourth-order valence-corrected chi connectivity index (χ4v) is 4.58. The van der Waals surface area contributed by atoms with Crippen molar-refractivity contribution in [1.29, 1.82) is 0 Å². The average Bonchev–Trinajstić information content (AvgIpc) is 3.03. The van der Waals surface area contributed by atoms with Gasteiger partial charge in [0, 0.05) is 29.8 Å². The van der Waals surface area contributed by atoms with Crippen LogP contribution in [0, 0.1) is 6.92 Å². The van der Waals surface area contributed by atoms with Gasteiger partial charge in [-0.05, 0) is 68.8 Å². The summed E-state index contributed by atoms with van der Waals surface area (Å²) in [4.78, 5) is 17.7. The van der Waals surface area contributed by atoms with E-state index in [4.69, 9.17) is 4.74 Å². The molecule has 0 aliphatic carbocycles. The van der Waals surface area contributed by atoms with Gasteiger partial charge in [0.2, 0.25) is 0 Å². The molecule has 0 saturated carbocycles. The van der Waals surface area contributed by atoms with E-state index < -0.39 is 0 Å². The van der Waals surface area contributed by atoms with Crippen molar-refractivity contribution < 1.29 is 9.53 Å². The van der Waals surface area contributed by atoms with E-state index in [-0.39, 0.29) is 11.3 Å². The molecule has 0 N–H and O–H groups in total. The Bertz CT molecular complexity index is 880. The van der Waals surface area contributed by atoms with Crippen LogP contribution in [0.4, 0.5) is 5.69 Å². The summed E-state index contributed by atoms with van der Waals surface area (Å²) in [6.07, 6.45) is 4.05. The standard InChI is InChI=1S/C24H28N2O2/c1-4-13-25-14-11-24(12-15-25)17-26(22-10-9-20(28-3)16-21(22)24)23(27)19-7-5-18(2)6-8-19/h4-10,16H,1,11-15,17H2,2-3H3. The second-order valence-corrected chi connectivity index (χ2v) is 8.01. The first-order valence-corrected chi connectivity index (χ1v) is 9.97. The number of rotatable bonds is 4. The Kier molecular flexibility index (Phi) is 4.98. The predicted molar refractivity (Wildman–Crippen MR) is 113 cm³/mol. The van der Waals surface area contributed by atoms with Gasteiger partial charge in [-0.3, -0.25) is 9.69 Å². The van der Waals surface area contributed by atoms with Gasteiger partial charge in [-0.15, -0.1) is 6.58 Å². The number of hydrogen-bond donors (Lipinski definition) is 0. The molecular formula is C24H28N2O2. The van der Waals surface area contributed by atoms with Crippen LogP contribution < -0.4 is 9.64 Å². The number of anilines is 1. The minimum atomic E-state index is 0.00189. The van der Waals surface area contributed by atoms with Crippen LogP contribution in [0.1, 0.15) is 34.3 Å². The maximum Gasteiger partial charge on any atom is 0.258 e. The lowest BCUT2D eigenvalue weighted by atomic mass is 9.74. The summed E-state index contributed by atoms with van der Waals surface area (Å²) in [6.45, 7) is 9.62. The molecular weight excluding hydrogens is 348 g/mol. The molecule has 1 amide bonds. The summed E-state index contributed by atoms with van der Waals surface area (Å²) in [5.41, 5.74) is 4.19. The van der Waals surface area contributed by atoms with Crippen LogP contribution in [-0.4, -0.2) is 44.1 Å². The van der Waals surface area contributed by atoms with Gasteiger partial charge in [0.1, 0.15) is 5.75 Å². The number of ether oxygens (including phenoxy) is 1. The van der Waals surface area contributed by atoms with Crippen LogP contribution in [0.2, 0.25) is 0 Å². The second-order valence-electron chi connectivity index (χ2n) is 8.01. The van der Waals surface area contributed by atoms with Crippen LogP contribution in [0.3, 0.4) is 0 Å². The first-order valence-electron chi connectivity index (χ1n) is 9.97. The van der Waals surface area contributed by atoms with E-state index in [1.54, 1.807) is 7.11 Å². The highest BCUT2D eigenvalue weighted by Crippen LogP contribution is 2.48. The summed E-state index contributed by atoms with van der Waals surface area (Å²) < 4.78 is 5.50. The number of carbonyl (C=O) groups is 1. The molecule has 1 saturated heterocycles. The van der Waals surface area contributed by atoms with E-state index in [0.29, 0.717) is 0 Å². The number of aryl methyl sites for hydroxylation is 1. The molecule has 146 valence electrons. The lowest BCUT2D eigenvalue weighted by Gasteiger charge is -2.39. The normalized spacial score (nSPS) is 18.1. The molecule has 0 unspecified atom stereocenters. The van der Waals surface area contributed by atoms with Crippen LogP contribution >= 0.6 is 0 Å². The third-order valence-corrected chi connectivity index (χ3v) is 6.27. The fraction of sp³-hybridized carbons (Fsp3) is 0.375. The Morgan fingerprint density at radius 1 is 1.18 bits per heavy atom. The highest BCUT2D eigenvalue weighted by Gasteiger charge is 2.46. The third-order valence-electron chi connectivity index (χ3n) is 6.27.